The molecule has 3 aliphatic carbocycles. The molecule has 0 bridgehead atoms. The Hall–Kier alpha value is -2.34. The van der Waals surface area contributed by atoms with E-state index in [1.165, 1.54) is 41.6 Å². The van der Waals surface area contributed by atoms with Gasteiger partial charge in [-0.1, -0.05) is 85.1 Å². The molecule has 0 aromatic heterocycles. The lowest BCUT2D eigenvalue weighted by Gasteiger charge is -2.18. The van der Waals surface area contributed by atoms with E-state index in [2.05, 4.69) is 85.1 Å². The minimum absolute atomic E-state index is 1.09. The maximum Gasteiger partial charge on any atom is -0.0149 e. The molecule has 0 spiro atoms. The Morgan fingerprint density at radius 2 is 1.17 bits per heavy atom. The number of allylic oxidation sites excluding steroid dienone is 18. The van der Waals surface area contributed by atoms with Gasteiger partial charge in [-0.25, -0.2) is 0 Å². The van der Waals surface area contributed by atoms with Crippen molar-refractivity contribution < 1.29 is 0 Å². The van der Waals surface area contributed by atoms with E-state index in [1.54, 1.807) is 0 Å². The molecule has 3 rings (SSSR count). The van der Waals surface area contributed by atoms with Gasteiger partial charge in [-0.2, -0.15) is 0 Å². The van der Waals surface area contributed by atoms with Gasteiger partial charge in [0.25, 0.3) is 0 Å². The average molecular weight is 314 g/mol. The van der Waals surface area contributed by atoms with Crippen LogP contribution in [-0.4, -0.2) is 0 Å². The standard InChI is InChI=1S/C24H26/c1-3-9-15-21(16-10-4-1)23-19-13-7-8-14-20-24(23)22-17-11-5-2-6-12-18-22/h1,3-5,7-9,11,13-15,17,19-20H,2,6,10,12,16,18H2. The van der Waals surface area contributed by atoms with Crippen molar-refractivity contribution in [1.82, 2.24) is 0 Å². The lowest BCUT2D eigenvalue weighted by atomic mass is 9.87. The summed E-state index contributed by atoms with van der Waals surface area (Å²) in [5, 5.41) is 0. The zero-order valence-corrected chi connectivity index (χ0v) is 14.3. The van der Waals surface area contributed by atoms with E-state index in [0.29, 0.717) is 0 Å². The summed E-state index contributed by atoms with van der Waals surface area (Å²) in [6, 6.07) is 0. The van der Waals surface area contributed by atoms with Gasteiger partial charge in [0.1, 0.15) is 0 Å². The van der Waals surface area contributed by atoms with Crippen LogP contribution in [0, 0.1) is 0 Å². The van der Waals surface area contributed by atoms with Gasteiger partial charge in [-0.15, -0.1) is 0 Å². The van der Waals surface area contributed by atoms with Gasteiger partial charge in [0.05, 0.1) is 0 Å². The SMILES string of the molecule is C1=CC=CC(C2=CC=CCCCC2)=C(C2=CC=CC=CCC2)C=C1. The molecule has 0 nitrogen and oxygen atoms in total. The van der Waals surface area contributed by atoms with Crippen LogP contribution in [0.2, 0.25) is 0 Å². The molecule has 0 saturated heterocycles. The van der Waals surface area contributed by atoms with Crippen LogP contribution >= 0.6 is 0 Å². The first-order valence-electron chi connectivity index (χ1n) is 9.09. The van der Waals surface area contributed by atoms with E-state index < -0.39 is 0 Å². The summed E-state index contributed by atoms with van der Waals surface area (Å²) in [7, 11) is 0. The predicted molar refractivity (Wildman–Crippen MR) is 106 cm³/mol. The van der Waals surface area contributed by atoms with Crippen molar-refractivity contribution in [3.63, 3.8) is 0 Å². The Bertz CT molecular complexity index is 685. The van der Waals surface area contributed by atoms with E-state index >= 15 is 0 Å². The second kappa shape index (κ2) is 9.08. The Labute approximate surface area is 146 Å². The van der Waals surface area contributed by atoms with Crippen LogP contribution in [0.4, 0.5) is 0 Å². The van der Waals surface area contributed by atoms with Gasteiger partial charge in [0.15, 0.2) is 0 Å². The molecule has 0 fully saturated rings. The second-order valence-electron chi connectivity index (χ2n) is 6.34. The highest BCUT2D eigenvalue weighted by atomic mass is 14.2. The molecule has 3 aliphatic rings. The van der Waals surface area contributed by atoms with Crippen molar-refractivity contribution in [2.45, 2.75) is 38.5 Å². The normalized spacial score (nSPS) is 21.3. The van der Waals surface area contributed by atoms with Crippen LogP contribution in [0.5, 0.6) is 0 Å². The zero-order valence-electron chi connectivity index (χ0n) is 14.3. The summed E-state index contributed by atoms with van der Waals surface area (Å²) in [6.07, 6.45) is 38.0. The summed E-state index contributed by atoms with van der Waals surface area (Å²) in [4.78, 5) is 0. The van der Waals surface area contributed by atoms with E-state index in [9.17, 15) is 0 Å². The predicted octanol–water partition coefficient (Wildman–Crippen LogP) is 6.85. The minimum atomic E-state index is 1.09. The number of rotatable bonds is 2. The fraction of sp³-hybridized carbons (Fsp3) is 0.250. The molecule has 0 heteroatoms. The van der Waals surface area contributed by atoms with Crippen LogP contribution in [0.3, 0.4) is 0 Å². The zero-order chi connectivity index (χ0) is 16.5. The lowest BCUT2D eigenvalue weighted by molar-refractivity contribution is 0.741. The van der Waals surface area contributed by atoms with Crippen LogP contribution < -0.4 is 0 Å². The Balaban J connectivity index is 2.06. The first-order valence-corrected chi connectivity index (χ1v) is 9.09. The van der Waals surface area contributed by atoms with Crippen molar-refractivity contribution in [2.24, 2.45) is 0 Å². The molecule has 122 valence electrons. The van der Waals surface area contributed by atoms with Gasteiger partial charge in [0.2, 0.25) is 0 Å². The van der Waals surface area contributed by atoms with Crippen LogP contribution in [0.25, 0.3) is 0 Å². The Morgan fingerprint density at radius 3 is 2.00 bits per heavy atom. The molecule has 0 aliphatic heterocycles. The topological polar surface area (TPSA) is 0 Å². The van der Waals surface area contributed by atoms with E-state index in [0.717, 1.165) is 19.3 Å². The molecule has 0 aromatic carbocycles. The molecule has 24 heavy (non-hydrogen) atoms. The van der Waals surface area contributed by atoms with E-state index in [1.807, 2.05) is 0 Å². The van der Waals surface area contributed by atoms with Crippen molar-refractivity contribution in [3.8, 4) is 0 Å². The van der Waals surface area contributed by atoms with Crippen LogP contribution in [0.1, 0.15) is 38.5 Å². The smallest absolute Gasteiger partial charge is 0.0149 e. The molecule has 0 unspecified atom stereocenters. The summed E-state index contributed by atoms with van der Waals surface area (Å²) in [5.74, 6) is 0. The van der Waals surface area contributed by atoms with Crippen molar-refractivity contribution in [2.75, 3.05) is 0 Å². The third-order valence-corrected chi connectivity index (χ3v) is 4.58. The third kappa shape index (κ3) is 4.58. The highest BCUT2D eigenvalue weighted by Gasteiger charge is 2.12. The summed E-state index contributed by atoms with van der Waals surface area (Å²) in [6.45, 7) is 0. The average Bonchev–Trinajstić information content (AvgIpc) is 2.49. The van der Waals surface area contributed by atoms with Crippen molar-refractivity contribution in [3.05, 3.63) is 107 Å². The largest absolute Gasteiger partial charge is 0.0845 e. The molecule has 0 saturated carbocycles. The fourth-order valence-electron chi connectivity index (χ4n) is 3.29. The minimum Gasteiger partial charge on any atom is -0.0845 e. The maximum absolute atomic E-state index is 2.32. The van der Waals surface area contributed by atoms with Crippen molar-refractivity contribution >= 4 is 0 Å². The van der Waals surface area contributed by atoms with Gasteiger partial charge < -0.3 is 0 Å². The van der Waals surface area contributed by atoms with E-state index in [4.69, 9.17) is 0 Å². The summed E-state index contributed by atoms with van der Waals surface area (Å²) >= 11 is 0. The first-order chi connectivity index (χ1) is 11.9. The molecule has 0 N–H and O–H groups in total. The van der Waals surface area contributed by atoms with Crippen LogP contribution in [-0.2, 0) is 0 Å². The fourth-order valence-corrected chi connectivity index (χ4v) is 3.29. The quantitative estimate of drug-likeness (QED) is 0.522. The Kier molecular flexibility index (Phi) is 6.25. The summed E-state index contributed by atoms with van der Waals surface area (Å²) < 4.78 is 0. The number of hydrogen-bond donors (Lipinski definition) is 0. The first kappa shape index (κ1) is 16.5. The third-order valence-electron chi connectivity index (χ3n) is 4.58. The molecule has 0 radical (unpaired) electrons. The monoisotopic (exact) mass is 314 g/mol. The van der Waals surface area contributed by atoms with Crippen molar-refractivity contribution in [1.29, 1.82) is 0 Å². The molecule has 0 heterocycles. The molecule has 0 amide bonds. The molecule has 0 atom stereocenters. The van der Waals surface area contributed by atoms with Gasteiger partial charge in [-0.3, -0.25) is 0 Å². The lowest BCUT2D eigenvalue weighted by Crippen LogP contribution is -1.99. The number of hydrogen-bond acceptors (Lipinski definition) is 0. The molecular weight excluding hydrogens is 288 g/mol. The maximum atomic E-state index is 2.32. The molecule has 0 aromatic rings. The van der Waals surface area contributed by atoms with E-state index in [-0.39, 0.29) is 0 Å². The van der Waals surface area contributed by atoms with Gasteiger partial charge in [-0.05, 0) is 60.8 Å². The summed E-state index contributed by atoms with van der Waals surface area (Å²) in [5.41, 5.74) is 5.63. The molecular formula is C24H26. The van der Waals surface area contributed by atoms with Gasteiger partial charge in [0, 0.05) is 0 Å². The highest BCUT2D eigenvalue weighted by Crippen LogP contribution is 2.31. The van der Waals surface area contributed by atoms with Gasteiger partial charge >= 0.3 is 0 Å². The highest BCUT2D eigenvalue weighted by molar-refractivity contribution is 5.58. The van der Waals surface area contributed by atoms with Crippen LogP contribution in [0.15, 0.2) is 107 Å². The second-order valence-corrected chi connectivity index (χ2v) is 6.34. The Morgan fingerprint density at radius 1 is 0.500 bits per heavy atom.